The molecule has 1 rings (SSSR count). The van der Waals surface area contributed by atoms with Gasteiger partial charge in [0.25, 0.3) is 0 Å². The van der Waals surface area contributed by atoms with Gasteiger partial charge in [0.15, 0.2) is 0 Å². The van der Waals surface area contributed by atoms with Gasteiger partial charge in [-0.05, 0) is 11.8 Å². The summed E-state index contributed by atoms with van der Waals surface area (Å²) in [7, 11) is 0. The van der Waals surface area contributed by atoms with E-state index in [1.807, 2.05) is 19.2 Å². The van der Waals surface area contributed by atoms with Gasteiger partial charge >= 0.3 is 12.2 Å². The Morgan fingerprint density at radius 1 is 1.33 bits per heavy atom. The Morgan fingerprint density at radius 3 is 2.20 bits per heavy atom. The minimum absolute atomic E-state index is 0.349. The summed E-state index contributed by atoms with van der Waals surface area (Å²) in [6, 6.07) is -0.622. The topological polar surface area (TPSA) is 32.3 Å². The molecule has 0 saturated carbocycles. The lowest BCUT2D eigenvalue weighted by Gasteiger charge is -2.17. The molecule has 0 aromatic carbocycles. The predicted molar refractivity (Wildman–Crippen MR) is 49.4 cm³/mol. The van der Waals surface area contributed by atoms with Crippen molar-refractivity contribution in [1.29, 1.82) is 0 Å². The molecule has 15 heavy (non-hydrogen) atoms. The highest BCUT2D eigenvalue weighted by Crippen LogP contribution is 2.22. The van der Waals surface area contributed by atoms with Crippen molar-refractivity contribution in [2.24, 2.45) is 11.8 Å². The van der Waals surface area contributed by atoms with Crippen LogP contribution in [0.15, 0.2) is 0 Å². The standard InChI is InChI=1S/C9H15F3N2O/c1-6-3-14(4-7(6)2)8(15)13-5-9(10,11)12/h6-7H,3-5H2,1-2H3,(H,13,15). The number of hydrogen-bond donors (Lipinski definition) is 1. The quantitative estimate of drug-likeness (QED) is 0.724. The Kier molecular flexibility index (Phi) is 3.46. The normalized spacial score (nSPS) is 26.9. The first-order valence-electron chi connectivity index (χ1n) is 4.89. The third kappa shape index (κ3) is 3.60. The van der Waals surface area contributed by atoms with Crippen molar-refractivity contribution in [2.45, 2.75) is 20.0 Å². The van der Waals surface area contributed by atoms with Gasteiger partial charge in [-0.2, -0.15) is 13.2 Å². The summed E-state index contributed by atoms with van der Waals surface area (Å²) < 4.78 is 35.5. The fourth-order valence-corrected chi connectivity index (χ4v) is 1.58. The Labute approximate surface area is 86.6 Å². The zero-order valence-electron chi connectivity index (χ0n) is 8.77. The number of urea groups is 1. The first kappa shape index (κ1) is 12.1. The minimum Gasteiger partial charge on any atom is -0.329 e. The van der Waals surface area contributed by atoms with Crippen LogP contribution in [0.4, 0.5) is 18.0 Å². The SMILES string of the molecule is CC1CN(C(=O)NCC(F)(F)F)CC1C. The van der Waals surface area contributed by atoms with E-state index < -0.39 is 18.8 Å². The molecular formula is C9H15F3N2O. The first-order valence-corrected chi connectivity index (χ1v) is 4.89. The molecule has 1 N–H and O–H groups in total. The maximum absolute atomic E-state index is 11.8. The molecule has 0 aromatic rings. The van der Waals surface area contributed by atoms with E-state index >= 15 is 0 Å². The van der Waals surface area contributed by atoms with Gasteiger partial charge in [-0.3, -0.25) is 0 Å². The van der Waals surface area contributed by atoms with Crippen LogP contribution in [0.5, 0.6) is 0 Å². The van der Waals surface area contributed by atoms with Gasteiger partial charge in [-0.1, -0.05) is 13.8 Å². The van der Waals surface area contributed by atoms with Crippen molar-refractivity contribution in [3.63, 3.8) is 0 Å². The number of alkyl halides is 3. The molecule has 88 valence electrons. The second-order valence-corrected chi connectivity index (χ2v) is 4.13. The fraction of sp³-hybridized carbons (Fsp3) is 0.889. The molecule has 1 aliphatic heterocycles. The number of amides is 2. The van der Waals surface area contributed by atoms with Crippen LogP contribution in [0, 0.1) is 11.8 Å². The molecule has 2 unspecified atom stereocenters. The van der Waals surface area contributed by atoms with Crippen LogP contribution in [0.1, 0.15) is 13.8 Å². The molecular weight excluding hydrogens is 209 g/mol. The number of likely N-dealkylation sites (tertiary alicyclic amines) is 1. The van der Waals surface area contributed by atoms with Crippen LogP contribution in [-0.4, -0.2) is 36.7 Å². The lowest BCUT2D eigenvalue weighted by atomic mass is 10.0. The molecule has 0 radical (unpaired) electrons. The number of hydrogen-bond acceptors (Lipinski definition) is 1. The van der Waals surface area contributed by atoms with Crippen LogP contribution in [0.2, 0.25) is 0 Å². The van der Waals surface area contributed by atoms with Crippen molar-refractivity contribution < 1.29 is 18.0 Å². The fourth-order valence-electron chi connectivity index (χ4n) is 1.58. The summed E-state index contributed by atoms with van der Waals surface area (Å²) in [6.07, 6.45) is -4.34. The first-order chi connectivity index (χ1) is 6.79. The lowest BCUT2D eigenvalue weighted by Crippen LogP contribution is -2.42. The number of nitrogens with zero attached hydrogens (tertiary/aromatic N) is 1. The zero-order valence-corrected chi connectivity index (χ0v) is 8.77. The smallest absolute Gasteiger partial charge is 0.329 e. The van der Waals surface area contributed by atoms with E-state index in [-0.39, 0.29) is 0 Å². The summed E-state index contributed by atoms with van der Waals surface area (Å²) in [6.45, 7) is 3.78. The van der Waals surface area contributed by atoms with Gasteiger partial charge in [0.1, 0.15) is 6.54 Å². The Hall–Kier alpha value is -0.940. The monoisotopic (exact) mass is 224 g/mol. The molecule has 0 spiro atoms. The van der Waals surface area contributed by atoms with Gasteiger partial charge in [-0.25, -0.2) is 4.79 Å². The number of rotatable bonds is 1. The van der Waals surface area contributed by atoms with E-state index in [1.54, 1.807) is 0 Å². The van der Waals surface area contributed by atoms with E-state index in [4.69, 9.17) is 0 Å². The molecule has 0 aliphatic carbocycles. The van der Waals surface area contributed by atoms with E-state index in [2.05, 4.69) is 0 Å². The summed E-state index contributed by atoms with van der Waals surface area (Å²) >= 11 is 0. The van der Waals surface area contributed by atoms with E-state index in [0.29, 0.717) is 24.9 Å². The van der Waals surface area contributed by atoms with Crippen LogP contribution < -0.4 is 5.32 Å². The molecule has 2 amide bonds. The molecule has 0 bridgehead atoms. The number of carbonyl (C=O) groups excluding carboxylic acids is 1. The highest BCUT2D eigenvalue weighted by molar-refractivity contribution is 5.74. The molecule has 1 saturated heterocycles. The van der Waals surface area contributed by atoms with Crippen molar-refractivity contribution in [1.82, 2.24) is 10.2 Å². The third-order valence-corrected chi connectivity index (χ3v) is 2.72. The summed E-state index contributed by atoms with van der Waals surface area (Å²) in [5.74, 6) is 0.697. The number of carbonyl (C=O) groups is 1. The maximum atomic E-state index is 11.8. The second-order valence-electron chi connectivity index (χ2n) is 4.13. The van der Waals surface area contributed by atoms with Gasteiger partial charge in [0, 0.05) is 13.1 Å². The summed E-state index contributed by atoms with van der Waals surface area (Å²) in [4.78, 5) is 12.7. The Bertz CT molecular complexity index is 232. The average molecular weight is 224 g/mol. The van der Waals surface area contributed by atoms with E-state index in [9.17, 15) is 18.0 Å². The Balaban J connectivity index is 2.36. The zero-order chi connectivity index (χ0) is 11.6. The van der Waals surface area contributed by atoms with Crippen LogP contribution in [-0.2, 0) is 0 Å². The summed E-state index contributed by atoms with van der Waals surface area (Å²) in [5.41, 5.74) is 0. The van der Waals surface area contributed by atoms with Crippen molar-refractivity contribution in [2.75, 3.05) is 19.6 Å². The largest absolute Gasteiger partial charge is 0.405 e. The van der Waals surface area contributed by atoms with Gasteiger partial charge in [-0.15, -0.1) is 0 Å². The molecule has 6 heteroatoms. The molecule has 2 atom stereocenters. The predicted octanol–water partition coefficient (Wildman–Crippen LogP) is 1.85. The molecule has 0 aromatic heterocycles. The highest BCUT2D eigenvalue weighted by Gasteiger charge is 2.32. The Morgan fingerprint density at radius 2 is 1.80 bits per heavy atom. The molecule has 3 nitrogen and oxygen atoms in total. The lowest BCUT2D eigenvalue weighted by molar-refractivity contribution is -0.123. The molecule has 1 heterocycles. The molecule has 1 fully saturated rings. The van der Waals surface area contributed by atoms with Crippen LogP contribution >= 0.6 is 0 Å². The van der Waals surface area contributed by atoms with Gasteiger partial charge < -0.3 is 10.2 Å². The van der Waals surface area contributed by atoms with Gasteiger partial charge in [0.05, 0.1) is 0 Å². The average Bonchev–Trinajstić information content (AvgIpc) is 2.42. The third-order valence-electron chi connectivity index (χ3n) is 2.72. The van der Waals surface area contributed by atoms with Gasteiger partial charge in [0.2, 0.25) is 0 Å². The molecule has 1 aliphatic rings. The number of halogens is 3. The minimum atomic E-state index is -4.34. The van der Waals surface area contributed by atoms with Crippen molar-refractivity contribution in [3.05, 3.63) is 0 Å². The van der Waals surface area contributed by atoms with Crippen molar-refractivity contribution >= 4 is 6.03 Å². The number of nitrogens with one attached hydrogen (secondary N) is 1. The summed E-state index contributed by atoms with van der Waals surface area (Å²) in [5, 5.41) is 1.87. The second kappa shape index (κ2) is 4.28. The highest BCUT2D eigenvalue weighted by atomic mass is 19.4. The van der Waals surface area contributed by atoms with E-state index in [0.717, 1.165) is 0 Å². The van der Waals surface area contributed by atoms with E-state index in [1.165, 1.54) is 4.90 Å². The maximum Gasteiger partial charge on any atom is 0.405 e. The van der Waals surface area contributed by atoms with Crippen LogP contribution in [0.25, 0.3) is 0 Å². The van der Waals surface area contributed by atoms with Crippen molar-refractivity contribution in [3.8, 4) is 0 Å². The van der Waals surface area contributed by atoms with Crippen LogP contribution in [0.3, 0.4) is 0 Å².